The molecule has 19 heavy (non-hydrogen) atoms. The number of benzene rings is 1. The number of hydrogen-bond acceptors (Lipinski definition) is 3. The second kappa shape index (κ2) is 5.63. The Bertz CT molecular complexity index is 568. The van der Waals surface area contributed by atoms with E-state index in [-0.39, 0.29) is 17.4 Å². The number of carbonyl (C=O) groups is 1. The van der Waals surface area contributed by atoms with Crippen LogP contribution in [0.2, 0.25) is 0 Å². The molecule has 4 nitrogen and oxygen atoms in total. The summed E-state index contributed by atoms with van der Waals surface area (Å²) in [4.78, 5) is 11.5. The normalized spacial score (nSPS) is 20.9. The average Bonchev–Trinajstić information content (AvgIpc) is 2.31. The van der Waals surface area contributed by atoms with Crippen LogP contribution >= 0.6 is 15.9 Å². The molecule has 1 fully saturated rings. The summed E-state index contributed by atoms with van der Waals surface area (Å²) in [6.07, 6.45) is 0.845. The summed E-state index contributed by atoms with van der Waals surface area (Å²) in [6.45, 7) is 0. The molecular formula is C13H15BrO4S. The van der Waals surface area contributed by atoms with Crippen LogP contribution in [-0.4, -0.2) is 31.0 Å². The fourth-order valence-electron chi connectivity index (χ4n) is 2.56. The predicted octanol–water partition coefficient (Wildman–Crippen LogP) is 2.44. The lowest BCUT2D eigenvalue weighted by molar-refractivity contribution is -0.140. The van der Waals surface area contributed by atoms with Gasteiger partial charge in [0.2, 0.25) is 0 Å². The third-order valence-corrected chi connectivity index (χ3v) is 5.75. The fourth-order valence-corrected chi connectivity index (χ4v) is 4.50. The van der Waals surface area contributed by atoms with E-state index in [9.17, 15) is 18.3 Å². The Labute approximate surface area is 120 Å². The van der Waals surface area contributed by atoms with Crippen LogP contribution in [0.5, 0.6) is 0 Å². The second-order valence-corrected chi connectivity index (χ2v) is 8.08. The predicted molar refractivity (Wildman–Crippen MR) is 75.9 cm³/mol. The summed E-state index contributed by atoms with van der Waals surface area (Å²) < 4.78 is 23.7. The van der Waals surface area contributed by atoms with E-state index >= 15 is 0 Å². The summed E-state index contributed by atoms with van der Waals surface area (Å²) in [5.74, 6) is -1.45. The van der Waals surface area contributed by atoms with E-state index in [0.717, 1.165) is 10.0 Å². The lowest BCUT2D eigenvalue weighted by Gasteiger charge is -2.27. The molecule has 1 N–H and O–H groups in total. The van der Waals surface area contributed by atoms with E-state index in [4.69, 9.17) is 0 Å². The van der Waals surface area contributed by atoms with Gasteiger partial charge in [-0.05, 0) is 36.5 Å². The number of halogens is 1. The van der Waals surface area contributed by atoms with Crippen molar-refractivity contribution >= 4 is 31.7 Å². The van der Waals surface area contributed by atoms with Crippen molar-refractivity contribution < 1.29 is 18.3 Å². The van der Waals surface area contributed by atoms with Crippen LogP contribution in [0.4, 0.5) is 0 Å². The van der Waals surface area contributed by atoms with Gasteiger partial charge in [-0.25, -0.2) is 8.42 Å². The molecule has 1 saturated heterocycles. The van der Waals surface area contributed by atoms with Gasteiger partial charge < -0.3 is 5.11 Å². The van der Waals surface area contributed by atoms with Gasteiger partial charge >= 0.3 is 5.97 Å². The van der Waals surface area contributed by atoms with Crippen LogP contribution in [0, 0.1) is 5.92 Å². The topological polar surface area (TPSA) is 71.4 Å². The summed E-state index contributed by atoms with van der Waals surface area (Å²) in [5.41, 5.74) is 0.728. The molecule has 0 radical (unpaired) electrons. The highest BCUT2D eigenvalue weighted by molar-refractivity contribution is 9.10. The summed E-state index contributed by atoms with van der Waals surface area (Å²) in [5, 5.41) is 9.44. The van der Waals surface area contributed by atoms with Gasteiger partial charge in [0.15, 0.2) is 0 Å². The number of carboxylic acid groups (broad SMARTS) is 1. The zero-order valence-corrected chi connectivity index (χ0v) is 12.7. The van der Waals surface area contributed by atoms with E-state index in [1.165, 1.54) is 0 Å². The van der Waals surface area contributed by atoms with Gasteiger partial charge in [-0.2, -0.15) is 0 Å². The van der Waals surface area contributed by atoms with E-state index in [1.54, 1.807) is 18.2 Å². The number of sulfone groups is 1. The quantitative estimate of drug-likeness (QED) is 0.912. The molecular weight excluding hydrogens is 332 g/mol. The Morgan fingerprint density at radius 3 is 2.47 bits per heavy atom. The molecule has 0 bridgehead atoms. The van der Waals surface area contributed by atoms with Crippen molar-refractivity contribution in [1.29, 1.82) is 0 Å². The number of hydrogen-bond donors (Lipinski definition) is 1. The molecule has 2 rings (SSSR count). The van der Waals surface area contributed by atoms with Gasteiger partial charge in [0.25, 0.3) is 0 Å². The zero-order chi connectivity index (χ0) is 14.0. The molecule has 0 aromatic heterocycles. The zero-order valence-electron chi connectivity index (χ0n) is 10.3. The first-order valence-corrected chi connectivity index (χ1v) is 8.69. The largest absolute Gasteiger partial charge is 0.481 e. The number of carboxylic acids is 1. The van der Waals surface area contributed by atoms with Crippen molar-refractivity contribution in [2.24, 2.45) is 5.92 Å². The highest BCUT2D eigenvalue weighted by Gasteiger charge is 2.34. The van der Waals surface area contributed by atoms with Crippen molar-refractivity contribution in [3.05, 3.63) is 34.3 Å². The maximum absolute atomic E-state index is 11.5. The summed E-state index contributed by atoms with van der Waals surface area (Å²) in [7, 11) is -2.97. The van der Waals surface area contributed by atoms with Crippen molar-refractivity contribution in [2.45, 2.75) is 18.8 Å². The summed E-state index contributed by atoms with van der Waals surface area (Å²) >= 11 is 3.33. The van der Waals surface area contributed by atoms with Crippen LogP contribution in [0.25, 0.3) is 0 Å². The van der Waals surface area contributed by atoms with E-state index in [0.29, 0.717) is 12.8 Å². The molecule has 6 heteroatoms. The lowest BCUT2D eigenvalue weighted by Crippen LogP contribution is -2.30. The highest BCUT2D eigenvalue weighted by atomic mass is 79.9. The molecule has 1 unspecified atom stereocenters. The van der Waals surface area contributed by atoms with Crippen LogP contribution in [-0.2, 0) is 14.6 Å². The Morgan fingerprint density at radius 1 is 1.32 bits per heavy atom. The molecule has 1 heterocycles. The van der Waals surface area contributed by atoms with Crippen LogP contribution in [0.3, 0.4) is 0 Å². The van der Waals surface area contributed by atoms with Crippen molar-refractivity contribution in [3.63, 3.8) is 0 Å². The Morgan fingerprint density at radius 2 is 1.95 bits per heavy atom. The van der Waals surface area contributed by atoms with Gasteiger partial charge in [0.05, 0.1) is 17.4 Å². The van der Waals surface area contributed by atoms with Crippen LogP contribution < -0.4 is 0 Å². The monoisotopic (exact) mass is 346 g/mol. The minimum absolute atomic E-state index is 0.0927. The molecule has 1 aromatic carbocycles. The minimum atomic E-state index is -2.97. The number of aliphatic carboxylic acids is 1. The smallest absolute Gasteiger partial charge is 0.311 e. The van der Waals surface area contributed by atoms with Crippen molar-refractivity contribution in [1.82, 2.24) is 0 Å². The number of rotatable bonds is 3. The van der Waals surface area contributed by atoms with Gasteiger partial charge in [-0.1, -0.05) is 28.1 Å². The highest BCUT2D eigenvalue weighted by Crippen LogP contribution is 2.34. The third kappa shape index (κ3) is 3.57. The van der Waals surface area contributed by atoms with Crippen molar-refractivity contribution in [3.8, 4) is 0 Å². The fraction of sp³-hybridized carbons (Fsp3) is 0.462. The molecule has 1 atom stereocenters. The average molecular weight is 347 g/mol. The van der Waals surface area contributed by atoms with Crippen LogP contribution in [0.1, 0.15) is 24.3 Å². The second-order valence-electron chi connectivity index (χ2n) is 4.86. The molecule has 1 aliphatic heterocycles. The SMILES string of the molecule is O=C(O)C(c1cccc(Br)c1)C1CCS(=O)(=O)CC1. The third-order valence-electron chi connectivity index (χ3n) is 3.54. The van der Waals surface area contributed by atoms with E-state index < -0.39 is 21.7 Å². The molecule has 1 aliphatic rings. The summed E-state index contributed by atoms with van der Waals surface area (Å²) in [6, 6.07) is 7.22. The molecule has 0 saturated carbocycles. The molecule has 104 valence electrons. The maximum atomic E-state index is 11.5. The first-order valence-electron chi connectivity index (χ1n) is 6.08. The standard InChI is InChI=1S/C13H15BrO4S/c14-11-3-1-2-10(8-11)12(13(15)16)9-4-6-19(17,18)7-5-9/h1-3,8-9,12H,4-7H2,(H,15,16). The van der Waals surface area contributed by atoms with Gasteiger partial charge in [0.1, 0.15) is 9.84 Å². The molecule has 0 amide bonds. The van der Waals surface area contributed by atoms with Crippen molar-refractivity contribution in [2.75, 3.05) is 11.5 Å². The van der Waals surface area contributed by atoms with E-state index in [2.05, 4.69) is 15.9 Å². The molecule has 0 aliphatic carbocycles. The van der Waals surface area contributed by atoms with Gasteiger partial charge in [0, 0.05) is 4.47 Å². The Hall–Kier alpha value is -0.880. The lowest BCUT2D eigenvalue weighted by atomic mass is 9.82. The Kier molecular flexibility index (Phi) is 4.30. The van der Waals surface area contributed by atoms with Gasteiger partial charge in [-0.15, -0.1) is 0 Å². The van der Waals surface area contributed by atoms with Crippen LogP contribution in [0.15, 0.2) is 28.7 Å². The van der Waals surface area contributed by atoms with E-state index in [1.807, 2.05) is 6.07 Å². The molecule has 1 aromatic rings. The Balaban J connectivity index is 2.25. The maximum Gasteiger partial charge on any atom is 0.311 e. The first-order chi connectivity index (χ1) is 8.89. The minimum Gasteiger partial charge on any atom is -0.481 e. The first kappa shape index (κ1) is 14.5. The van der Waals surface area contributed by atoms with Gasteiger partial charge in [-0.3, -0.25) is 4.79 Å². The molecule has 0 spiro atoms.